The fraction of sp³-hybridized carbons (Fsp3) is 0. The first-order valence-electron chi connectivity index (χ1n) is 11.4. The number of nitrogens with two attached hydrogens (primary N) is 4. The van der Waals surface area contributed by atoms with Crippen LogP contribution in [0.1, 0.15) is 63.7 Å². The predicted molar refractivity (Wildman–Crippen MR) is 157 cm³/mol. The number of nitrogen functional groups attached to an aromatic ring is 4. The lowest BCUT2D eigenvalue weighted by atomic mass is 9.82. The molecule has 0 radical (unpaired) electrons. The van der Waals surface area contributed by atoms with Crippen molar-refractivity contribution in [3.8, 4) is 0 Å². The van der Waals surface area contributed by atoms with Crippen molar-refractivity contribution in [2.45, 2.75) is 0 Å². The van der Waals surface area contributed by atoms with Gasteiger partial charge in [-0.05, 0) is 0 Å². The normalized spacial score (nSPS) is 13.1. The second-order valence-corrected chi connectivity index (χ2v) is 10.3. The largest absolute Gasteiger partial charge is 0.397 e. The van der Waals surface area contributed by atoms with Gasteiger partial charge in [-0.3, -0.25) is 19.2 Å². The average Bonchev–Trinajstić information content (AvgIpc) is 2.96. The zero-order valence-electron chi connectivity index (χ0n) is 20.1. The molecule has 2 aliphatic rings. The van der Waals surface area contributed by atoms with Crippen LogP contribution >= 0.6 is 46.4 Å². The summed E-state index contributed by atoms with van der Waals surface area (Å²) < 4.78 is 0. The third-order valence-electron chi connectivity index (χ3n) is 6.65. The molecule has 0 aromatic heterocycles. The molecule has 0 amide bonds. The Bertz CT molecular complexity index is 1600. The number of halogens is 4. The predicted octanol–water partition coefficient (Wildman–Crippen LogP) is 5.87. The molecule has 0 fully saturated rings. The number of rotatable bonds is 0. The zero-order chi connectivity index (χ0) is 29.2. The summed E-state index contributed by atoms with van der Waals surface area (Å²) in [4.78, 5) is 50.0. The Balaban J connectivity index is 0.000000161. The molecule has 0 aliphatic heterocycles. The molecule has 6 rings (SSSR count). The maximum Gasteiger partial charge on any atom is 0.196 e. The molecule has 8 nitrogen and oxygen atoms in total. The van der Waals surface area contributed by atoms with E-state index in [9.17, 15) is 19.2 Å². The summed E-state index contributed by atoms with van der Waals surface area (Å²) in [5, 5.41) is -0.0428. The van der Waals surface area contributed by atoms with Crippen LogP contribution in [0.25, 0.3) is 0 Å². The molecule has 8 N–H and O–H groups in total. The van der Waals surface area contributed by atoms with E-state index in [-0.39, 0.29) is 110 Å². The summed E-state index contributed by atoms with van der Waals surface area (Å²) in [6.45, 7) is 0. The number of carbonyl (C=O) groups excluding carboxylic acids is 4. The van der Waals surface area contributed by atoms with E-state index in [2.05, 4.69) is 0 Å². The number of anilines is 4. The molecule has 40 heavy (non-hydrogen) atoms. The van der Waals surface area contributed by atoms with Crippen LogP contribution in [0.3, 0.4) is 0 Å². The van der Waals surface area contributed by atoms with Gasteiger partial charge in [-0.25, -0.2) is 0 Å². The number of benzene rings is 4. The van der Waals surface area contributed by atoms with Gasteiger partial charge in [0.05, 0.1) is 65.1 Å². The summed E-state index contributed by atoms with van der Waals surface area (Å²) in [5.41, 5.74) is 24.5. The minimum atomic E-state index is -0.377. The number of ketones is 4. The first kappa shape index (κ1) is 27.5. The van der Waals surface area contributed by atoms with Crippen LogP contribution in [0.5, 0.6) is 0 Å². The van der Waals surface area contributed by atoms with Crippen molar-refractivity contribution in [2.75, 3.05) is 22.9 Å². The van der Waals surface area contributed by atoms with Gasteiger partial charge in [0.15, 0.2) is 23.1 Å². The first-order valence-corrected chi connectivity index (χ1v) is 12.9. The number of carbonyl (C=O) groups is 4. The van der Waals surface area contributed by atoms with Crippen molar-refractivity contribution in [3.63, 3.8) is 0 Å². The van der Waals surface area contributed by atoms with E-state index in [1.54, 1.807) is 48.5 Å². The van der Waals surface area contributed by atoms with Gasteiger partial charge in [0.1, 0.15) is 0 Å². The summed E-state index contributed by atoms with van der Waals surface area (Å²) in [6.07, 6.45) is 0. The summed E-state index contributed by atoms with van der Waals surface area (Å²) in [5.74, 6) is -1.51. The third-order valence-corrected chi connectivity index (χ3v) is 8.41. The van der Waals surface area contributed by atoms with E-state index in [1.807, 2.05) is 0 Å². The second-order valence-electron chi connectivity index (χ2n) is 8.82. The van der Waals surface area contributed by atoms with Crippen LogP contribution in [0.2, 0.25) is 20.1 Å². The van der Waals surface area contributed by atoms with Crippen molar-refractivity contribution in [1.82, 2.24) is 0 Å². The van der Waals surface area contributed by atoms with Gasteiger partial charge >= 0.3 is 0 Å². The molecule has 0 heterocycles. The summed E-state index contributed by atoms with van der Waals surface area (Å²) >= 11 is 23.8. The molecule has 0 saturated carbocycles. The zero-order valence-corrected chi connectivity index (χ0v) is 23.1. The van der Waals surface area contributed by atoms with E-state index in [0.717, 1.165) is 0 Å². The Kier molecular flexibility index (Phi) is 6.76. The highest BCUT2D eigenvalue weighted by molar-refractivity contribution is 6.49. The first-order chi connectivity index (χ1) is 18.9. The smallest absolute Gasteiger partial charge is 0.196 e. The maximum absolute atomic E-state index is 12.5. The molecule has 0 spiro atoms. The fourth-order valence-corrected chi connectivity index (χ4v) is 5.48. The quantitative estimate of drug-likeness (QED) is 0.154. The number of fused-ring (bicyclic) bond motifs is 4. The van der Waals surface area contributed by atoms with Crippen molar-refractivity contribution < 1.29 is 19.2 Å². The van der Waals surface area contributed by atoms with Crippen LogP contribution in [0.4, 0.5) is 22.7 Å². The molecular formula is C28H16Cl4N4O4. The minimum Gasteiger partial charge on any atom is -0.397 e. The highest BCUT2D eigenvalue weighted by atomic mass is 35.5. The van der Waals surface area contributed by atoms with E-state index < -0.39 is 0 Å². The van der Waals surface area contributed by atoms with Crippen molar-refractivity contribution >= 4 is 92.3 Å². The standard InChI is InChI=1S/2C14H8Cl2N2O2/c2*15-9-10(16)12(18)8-7(11(9)17)13(19)5-3-1-2-4-6(5)14(8)20/h2*1-4H,17-18H2. The van der Waals surface area contributed by atoms with Gasteiger partial charge in [-0.2, -0.15) is 0 Å². The lowest BCUT2D eigenvalue weighted by molar-refractivity contribution is 0.0980. The molecule has 0 saturated heterocycles. The molecule has 0 atom stereocenters. The van der Waals surface area contributed by atoms with E-state index in [0.29, 0.717) is 0 Å². The van der Waals surface area contributed by atoms with Gasteiger partial charge in [-0.1, -0.05) is 94.9 Å². The highest BCUT2D eigenvalue weighted by Crippen LogP contribution is 2.44. The van der Waals surface area contributed by atoms with Crippen molar-refractivity contribution in [3.05, 3.63) is 113 Å². The monoisotopic (exact) mass is 612 g/mol. The van der Waals surface area contributed by atoms with Gasteiger partial charge in [0, 0.05) is 22.3 Å². The van der Waals surface area contributed by atoms with Crippen LogP contribution in [-0.2, 0) is 0 Å². The minimum absolute atomic E-state index is 0.0107. The molecule has 4 aromatic carbocycles. The lowest BCUT2D eigenvalue weighted by Crippen LogP contribution is -2.24. The summed E-state index contributed by atoms with van der Waals surface area (Å²) in [6, 6.07) is 13.0. The average molecular weight is 614 g/mol. The third kappa shape index (κ3) is 3.83. The molecule has 4 aromatic rings. The number of hydrogen-bond donors (Lipinski definition) is 4. The summed E-state index contributed by atoms with van der Waals surface area (Å²) in [7, 11) is 0. The van der Waals surface area contributed by atoms with Gasteiger partial charge in [0.25, 0.3) is 0 Å². The van der Waals surface area contributed by atoms with Crippen LogP contribution < -0.4 is 22.9 Å². The van der Waals surface area contributed by atoms with Crippen LogP contribution in [-0.4, -0.2) is 23.1 Å². The molecule has 0 bridgehead atoms. The van der Waals surface area contributed by atoms with Gasteiger partial charge < -0.3 is 22.9 Å². The fourth-order valence-electron chi connectivity index (χ4n) is 4.69. The lowest BCUT2D eigenvalue weighted by Gasteiger charge is -2.22. The molecule has 12 heteroatoms. The SMILES string of the molecule is Nc1c(Cl)c(Cl)c(N)c2c1C(=O)c1ccccc1C2=O.Nc1c(Cl)c(Cl)c(N)c2c1C(=O)c1ccccc1C2=O. The molecular weight excluding hydrogens is 598 g/mol. The molecule has 200 valence electrons. The van der Waals surface area contributed by atoms with Gasteiger partial charge in [-0.15, -0.1) is 0 Å². The number of hydrogen-bond acceptors (Lipinski definition) is 8. The van der Waals surface area contributed by atoms with Crippen LogP contribution in [0.15, 0.2) is 48.5 Å². The highest BCUT2D eigenvalue weighted by Gasteiger charge is 2.36. The van der Waals surface area contributed by atoms with Crippen LogP contribution in [0, 0.1) is 0 Å². The van der Waals surface area contributed by atoms with Crippen molar-refractivity contribution in [2.24, 2.45) is 0 Å². The van der Waals surface area contributed by atoms with Crippen molar-refractivity contribution in [1.29, 1.82) is 0 Å². The Labute approximate surface area is 246 Å². The second kappa shape index (κ2) is 9.83. The Morgan fingerprint density at radius 1 is 0.375 bits per heavy atom. The Morgan fingerprint density at radius 3 is 0.725 bits per heavy atom. The Hall–Kier alpha value is -4.08. The maximum atomic E-state index is 12.5. The molecule has 2 aliphatic carbocycles. The van der Waals surface area contributed by atoms with E-state index in [4.69, 9.17) is 69.3 Å². The molecule has 0 unspecified atom stereocenters. The topological polar surface area (TPSA) is 172 Å². The van der Waals surface area contributed by atoms with Gasteiger partial charge in [0.2, 0.25) is 0 Å². The Morgan fingerprint density at radius 2 is 0.550 bits per heavy atom. The van der Waals surface area contributed by atoms with E-state index in [1.165, 1.54) is 0 Å². The van der Waals surface area contributed by atoms with E-state index >= 15 is 0 Å².